The smallest absolute Gasteiger partial charge is 0.407 e. The van der Waals surface area contributed by atoms with Gasteiger partial charge in [-0.05, 0) is 50.0 Å². The topological polar surface area (TPSA) is 162 Å². The monoisotopic (exact) mass is 680 g/mol. The van der Waals surface area contributed by atoms with E-state index in [0.29, 0.717) is 24.7 Å². The maximum absolute atomic E-state index is 13.5. The quantitative estimate of drug-likeness (QED) is 0.191. The van der Waals surface area contributed by atoms with Gasteiger partial charge in [0, 0.05) is 42.5 Å². The lowest BCUT2D eigenvalue weighted by Crippen LogP contribution is -2.51. The van der Waals surface area contributed by atoms with Gasteiger partial charge in [-0.1, -0.05) is 52.0 Å². The summed E-state index contributed by atoms with van der Waals surface area (Å²) >= 11 is 0. The molecule has 3 aromatic heterocycles. The minimum absolute atomic E-state index is 0.0747. The van der Waals surface area contributed by atoms with Gasteiger partial charge in [0.2, 0.25) is 11.8 Å². The second kappa shape index (κ2) is 14.8. The van der Waals surface area contributed by atoms with Crippen LogP contribution in [0.2, 0.25) is 0 Å². The van der Waals surface area contributed by atoms with E-state index < -0.39 is 12.1 Å². The van der Waals surface area contributed by atoms with Gasteiger partial charge in [0.25, 0.3) is 0 Å². The van der Waals surface area contributed by atoms with Gasteiger partial charge in [-0.2, -0.15) is 0 Å². The van der Waals surface area contributed by atoms with Crippen molar-refractivity contribution in [1.82, 2.24) is 45.0 Å². The highest BCUT2D eigenvalue weighted by atomic mass is 16.5. The van der Waals surface area contributed by atoms with Crippen LogP contribution in [0, 0.1) is 24.7 Å². The molecule has 1 aromatic carbocycles. The van der Waals surface area contributed by atoms with Crippen molar-refractivity contribution in [3.8, 4) is 33.9 Å². The molecule has 2 saturated heterocycles. The van der Waals surface area contributed by atoms with Crippen molar-refractivity contribution in [2.45, 2.75) is 71.5 Å². The summed E-state index contributed by atoms with van der Waals surface area (Å²) < 4.78 is 4.74. The van der Waals surface area contributed by atoms with Gasteiger partial charge in [-0.15, -0.1) is 0 Å². The third-order valence-electron chi connectivity index (χ3n) is 9.82. The average Bonchev–Trinajstić information content (AvgIpc) is 3.96. The second-order valence-corrected chi connectivity index (χ2v) is 13.8. The van der Waals surface area contributed by atoms with E-state index in [0.717, 1.165) is 59.6 Å². The summed E-state index contributed by atoms with van der Waals surface area (Å²) in [6.07, 6.45) is 9.91. The summed E-state index contributed by atoms with van der Waals surface area (Å²) in [4.78, 5) is 67.5. The number of nitrogens with one attached hydrogen (secondary N) is 3. The fourth-order valence-electron chi connectivity index (χ4n) is 6.73. The molecule has 0 aliphatic carbocycles. The molecule has 3 amide bonds. The molecule has 263 valence electrons. The van der Waals surface area contributed by atoms with Gasteiger partial charge in [-0.25, -0.2) is 24.7 Å². The van der Waals surface area contributed by atoms with Gasteiger partial charge in [0.1, 0.15) is 17.7 Å². The first-order valence-corrected chi connectivity index (χ1v) is 17.4. The number of benzene rings is 1. The number of hydrogen-bond donors (Lipinski definition) is 3. The Morgan fingerprint density at radius 1 is 0.760 bits per heavy atom. The molecule has 4 atom stereocenters. The number of aromatic nitrogens is 6. The minimum atomic E-state index is -0.686. The van der Waals surface area contributed by atoms with Crippen LogP contribution >= 0.6 is 0 Å². The second-order valence-electron chi connectivity index (χ2n) is 13.8. The van der Waals surface area contributed by atoms with E-state index in [2.05, 4.69) is 42.1 Å². The van der Waals surface area contributed by atoms with Crippen molar-refractivity contribution in [2.75, 3.05) is 20.2 Å². The number of amides is 3. The largest absolute Gasteiger partial charge is 0.453 e. The van der Waals surface area contributed by atoms with Crippen LogP contribution < -0.4 is 5.32 Å². The Labute approximate surface area is 292 Å². The van der Waals surface area contributed by atoms with E-state index >= 15 is 0 Å². The zero-order valence-electron chi connectivity index (χ0n) is 29.3. The number of imidazole rings is 2. The van der Waals surface area contributed by atoms with Gasteiger partial charge < -0.3 is 29.8 Å². The Morgan fingerprint density at radius 3 is 1.80 bits per heavy atom. The predicted molar refractivity (Wildman–Crippen MR) is 188 cm³/mol. The summed E-state index contributed by atoms with van der Waals surface area (Å²) in [6.45, 7) is 13.2. The normalized spacial score (nSPS) is 18.9. The van der Waals surface area contributed by atoms with E-state index in [4.69, 9.17) is 4.74 Å². The number of aromatic amines is 2. The number of methoxy groups -OCH3 is 1. The lowest BCUT2D eigenvalue weighted by atomic mass is 9.96. The zero-order valence-corrected chi connectivity index (χ0v) is 29.3. The van der Waals surface area contributed by atoms with Crippen LogP contribution in [-0.2, 0) is 14.3 Å². The SMILES string of the molecule is [CH2][C@H](C(=O)N1CCC[C@H]1c1ncc(-c2cnc(-c3ccc(-c4cnc([C@@H]5CCCN5C(=O)[C@@H](NC(=O)OC)C(C)C)[nH]4)cc3)nc2)[nH]1)C(C)C. The van der Waals surface area contributed by atoms with Crippen LogP contribution in [0.4, 0.5) is 4.79 Å². The Kier molecular flexibility index (Phi) is 10.3. The molecule has 3 N–H and O–H groups in total. The van der Waals surface area contributed by atoms with E-state index in [1.807, 2.05) is 56.9 Å². The Hall–Kier alpha value is -5.07. The highest BCUT2D eigenvalue weighted by Gasteiger charge is 2.38. The minimum Gasteiger partial charge on any atom is -0.453 e. The molecule has 0 saturated carbocycles. The summed E-state index contributed by atoms with van der Waals surface area (Å²) in [5, 5.41) is 2.69. The number of rotatable bonds is 10. The maximum atomic E-state index is 13.5. The lowest BCUT2D eigenvalue weighted by molar-refractivity contribution is -0.136. The van der Waals surface area contributed by atoms with Crippen LogP contribution in [0.3, 0.4) is 0 Å². The molecule has 2 aliphatic heterocycles. The summed E-state index contributed by atoms with van der Waals surface area (Å²) in [7, 11) is 1.29. The molecule has 0 unspecified atom stereocenters. The van der Waals surface area contributed by atoms with Crippen LogP contribution in [0.1, 0.15) is 77.1 Å². The predicted octanol–water partition coefficient (Wildman–Crippen LogP) is 5.74. The standard InChI is InChI=1S/C37H46N9O4/c1-21(2)23(5)35(47)45-15-7-9-29(45)33-41-20-28(43-33)26-17-38-32(39-18-26)25-13-11-24(12-14-25)27-19-40-34(42-27)30-10-8-16-46(30)36(48)31(22(3)4)44-37(49)50-6/h11-14,17-23,29-31H,5,7-10,15-16H2,1-4,6H3,(H,40,42)(H,41,43)(H,44,49)/t23-,29-,30-,31-/m0/s1. The molecule has 5 heterocycles. The molecule has 13 heteroatoms. The molecular formula is C37H46N9O4. The fourth-order valence-corrected chi connectivity index (χ4v) is 6.73. The number of likely N-dealkylation sites (tertiary alicyclic amines) is 2. The van der Waals surface area contributed by atoms with E-state index in [9.17, 15) is 14.4 Å². The molecule has 2 fully saturated rings. The van der Waals surface area contributed by atoms with E-state index in [-0.39, 0.29) is 41.7 Å². The van der Waals surface area contributed by atoms with Crippen molar-refractivity contribution in [2.24, 2.45) is 17.8 Å². The van der Waals surface area contributed by atoms with Crippen molar-refractivity contribution in [3.63, 3.8) is 0 Å². The third kappa shape index (κ3) is 7.12. The van der Waals surface area contributed by atoms with Crippen molar-refractivity contribution in [3.05, 3.63) is 67.6 Å². The van der Waals surface area contributed by atoms with Crippen molar-refractivity contribution >= 4 is 17.9 Å². The molecule has 0 spiro atoms. The first kappa shape index (κ1) is 34.8. The maximum Gasteiger partial charge on any atom is 0.407 e. The fraction of sp³-hybridized carbons (Fsp3) is 0.459. The van der Waals surface area contributed by atoms with Crippen LogP contribution in [0.5, 0.6) is 0 Å². The number of alkyl carbamates (subject to hydrolysis) is 1. The van der Waals surface area contributed by atoms with Crippen LogP contribution in [0.15, 0.2) is 49.1 Å². The molecule has 4 aromatic rings. The Morgan fingerprint density at radius 2 is 1.28 bits per heavy atom. The average molecular weight is 681 g/mol. The molecule has 1 radical (unpaired) electrons. The zero-order chi connectivity index (χ0) is 35.5. The number of carbonyl (C=O) groups is 3. The van der Waals surface area contributed by atoms with Crippen LogP contribution in [0.25, 0.3) is 33.9 Å². The van der Waals surface area contributed by atoms with Gasteiger partial charge in [0.05, 0.1) is 43.0 Å². The molecule has 50 heavy (non-hydrogen) atoms. The highest BCUT2D eigenvalue weighted by Crippen LogP contribution is 2.35. The van der Waals surface area contributed by atoms with Gasteiger partial charge in [0.15, 0.2) is 5.82 Å². The molecule has 0 bridgehead atoms. The first-order chi connectivity index (χ1) is 24.0. The molecular weight excluding hydrogens is 634 g/mol. The summed E-state index contributed by atoms with van der Waals surface area (Å²) in [6, 6.07) is 6.93. The summed E-state index contributed by atoms with van der Waals surface area (Å²) in [5.41, 5.74) is 4.25. The van der Waals surface area contributed by atoms with Gasteiger partial charge >= 0.3 is 6.09 Å². The molecule has 6 rings (SSSR count). The Bertz CT molecular complexity index is 1800. The lowest BCUT2D eigenvalue weighted by Gasteiger charge is -2.30. The first-order valence-electron chi connectivity index (χ1n) is 17.4. The number of nitrogens with zero attached hydrogens (tertiary/aromatic N) is 6. The number of H-pyrrole nitrogens is 2. The van der Waals surface area contributed by atoms with E-state index in [1.54, 1.807) is 29.7 Å². The highest BCUT2D eigenvalue weighted by molar-refractivity contribution is 5.86. The third-order valence-corrected chi connectivity index (χ3v) is 9.82. The number of carbonyl (C=O) groups excluding carboxylic acids is 3. The van der Waals surface area contributed by atoms with Crippen LogP contribution in [-0.4, -0.2) is 83.9 Å². The van der Waals surface area contributed by atoms with Crippen molar-refractivity contribution < 1.29 is 19.1 Å². The van der Waals surface area contributed by atoms with Crippen molar-refractivity contribution in [1.29, 1.82) is 0 Å². The number of ether oxygens (including phenoxy) is 1. The Balaban J connectivity index is 1.11. The molecule has 13 nitrogen and oxygen atoms in total. The van der Waals surface area contributed by atoms with E-state index in [1.165, 1.54) is 7.11 Å². The van der Waals surface area contributed by atoms with Gasteiger partial charge in [-0.3, -0.25) is 9.59 Å². The summed E-state index contributed by atoms with van der Waals surface area (Å²) in [5.74, 6) is 1.80. The molecule has 2 aliphatic rings. The number of hydrogen-bond acceptors (Lipinski definition) is 8.